The van der Waals surface area contributed by atoms with Crippen LogP contribution in [0, 0.1) is 11.3 Å². The number of rotatable bonds is 5. The average molecular weight is 495 g/mol. The summed E-state index contributed by atoms with van der Waals surface area (Å²) in [5.74, 6) is 1.19. The number of halogens is 2. The van der Waals surface area contributed by atoms with Crippen LogP contribution in [0.4, 0.5) is 5.82 Å². The Morgan fingerprint density at radius 1 is 1.24 bits per heavy atom. The van der Waals surface area contributed by atoms with Crippen molar-refractivity contribution in [2.24, 2.45) is 0 Å². The molecule has 3 aromatic heterocycles. The number of H-pyrrole nitrogens is 1. The van der Waals surface area contributed by atoms with Gasteiger partial charge in [0.05, 0.1) is 27.2 Å². The second-order valence-corrected chi connectivity index (χ2v) is 8.97. The highest BCUT2D eigenvalue weighted by molar-refractivity contribution is 6.35. The second kappa shape index (κ2) is 9.11. The van der Waals surface area contributed by atoms with Crippen LogP contribution in [0.3, 0.4) is 0 Å². The second-order valence-electron chi connectivity index (χ2n) is 8.15. The van der Waals surface area contributed by atoms with E-state index in [1.54, 1.807) is 12.3 Å². The van der Waals surface area contributed by atoms with E-state index in [1.807, 2.05) is 30.0 Å². The molecule has 0 amide bonds. The number of nitrogens with one attached hydrogen (secondary N) is 1. The molecule has 4 aromatic rings. The Hall–Kier alpha value is -3.38. The summed E-state index contributed by atoms with van der Waals surface area (Å²) in [6.07, 6.45) is 4.62. The average Bonchev–Trinajstić information content (AvgIpc) is 3.44. The smallest absolute Gasteiger partial charge is 0.146 e. The van der Waals surface area contributed by atoms with E-state index in [0.29, 0.717) is 63.5 Å². The van der Waals surface area contributed by atoms with Gasteiger partial charge in [-0.1, -0.05) is 23.2 Å². The molecule has 34 heavy (non-hydrogen) atoms. The first-order valence-electron chi connectivity index (χ1n) is 10.7. The van der Waals surface area contributed by atoms with Crippen LogP contribution in [0.5, 0.6) is 5.75 Å². The van der Waals surface area contributed by atoms with Gasteiger partial charge in [-0.15, -0.1) is 0 Å². The maximum absolute atomic E-state index is 9.84. The van der Waals surface area contributed by atoms with Crippen molar-refractivity contribution < 1.29 is 9.84 Å². The molecule has 5 rings (SSSR count). The summed E-state index contributed by atoms with van der Waals surface area (Å²) in [6, 6.07) is 9.59. The quantitative estimate of drug-likeness (QED) is 0.405. The number of aromatic amines is 1. The standard InChI is InChI=1S/C24H20Cl2N6O2/c1-13(22-19(25)10-28-11-20(22)26)34-17-2-3-21-18(7-17)23(31-30-21)15-6-14(8-27)24(29-9-15)32-5-4-16(33)12-32/h2-3,6-7,9-11,13,16,33H,4-5,12H2,1H3,(H,30,31)/t13-,16+/m1/s1. The molecule has 2 atom stereocenters. The number of aliphatic hydroxyl groups is 1. The number of hydrogen-bond donors (Lipinski definition) is 2. The lowest BCUT2D eigenvalue weighted by atomic mass is 10.1. The first-order valence-corrected chi connectivity index (χ1v) is 11.5. The van der Waals surface area contributed by atoms with Crippen molar-refractivity contribution in [1.82, 2.24) is 20.2 Å². The summed E-state index contributed by atoms with van der Waals surface area (Å²) in [5, 5.41) is 28.7. The van der Waals surface area contributed by atoms with Gasteiger partial charge in [0, 0.05) is 48.2 Å². The van der Waals surface area contributed by atoms with Gasteiger partial charge < -0.3 is 14.7 Å². The van der Waals surface area contributed by atoms with Crippen LogP contribution in [-0.4, -0.2) is 44.5 Å². The summed E-state index contributed by atoms with van der Waals surface area (Å²) in [7, 11) is 0. The van der Waals surface area contributed by atoms with E-state index in [-0.39, 0.29) is 0 Å². The molecule has 8 nitrogen and oxygen atoms in total. The summed E-state index contributed by atoms with van der Waals surface area (Å²) >= 11 is 12.6. The molecule has 2 N–H and O–H groups in total. The van der Waals surface area contributed by atoms with Gasteiger partial charge in [0.1, 0.15) is 29.4 Å². The largest absolute Gasteiger partial charge is 0.486 e. The van der Waals surface area contributed by atoms with Gasteiger partial charge in [0.2, 0.25) is 0 Å². The number of anilines is 1. The molecular formula is C24H20Cl2N6O2. The number of benzene rings is 1. The molecule has 10 heteroatoms. The third-order valence-electron chi connectivity index (χ3n) is 5.87. The van der Waals surface area contributed by atoms with Crippen molar-refractivity contribution in [3.63, 3.8) is 0 Å². The molecule has 0 radical (unpaired) electrons. The molecule has 1 aliphatic rings. The Balaban J connectivity index is 1.47. The molecule has 0 spiro atoms. The Labute approximate surface area is 205 Å². The number of hydrogen-bond acceptors (Lipinski definition) is 7. The fourth-order valence-electron chi connectivity index (χ4n) is 4.21. The van der Waals surface area contributed by atoms with Crippen LogP contribution in [0.15, 0.2) is 42.9 Å². The first kappa shape index (κ1) is 22.4. The normalized spacial score (nSPS) is 16.6. The fourth-order valence-corrected chi connectivity index (χ4v) is 4.89. The molecule has 0 bridgehead atoms. The highest BCUT2D eigenvalue weighted by Crippen LogP contribution is 2.35. The zero-order valence-corrected chi connectivity index (χ0v) is 19.7. The Bertz CT molecular complexity index is 1400. The SMILES string of the molecule is C[C@@H](Oc1ccc2[nH]nc(-c3cnc(N4CC[C@H](O)C4)c(C#N)c3)c2c1)c1c(Cl)cncc1Cl. The van der Waals surface area contributed by atoms with Gasteiger partial charge in [-0.2, -0.15) is 10.4 Å². The number of nitrogens with zero attached hydrogens (tertiary/aromatic N) is 5. The highest BCUT2D eigenvalue weighted by Gasteiger charge is 2.24. The van der Waals surface area contributed by atoms with Crippen LogP contribution in [-0.2, 0) is 0 Å². The Kier molecular flexibility index (Phi) is 6.00. The first-order chi connectivity index (χ1) is 16.4. The zero-order chi connectivity index (χ0) is 23.8. The zero-order valence-electron chi connectivity index (χ0n) is 18.2. The molecule has 1 fully saturated rings. The molecule has 172 valence electrons. The van der Waals surface area contributed by atoms with Crippen molar-refractivity contribution >= 4 is 39.9 Å². The monoisotopic (exact) mass is 494 g/mol. The maximum Gasteiger partial charge on any atom is 0.146 e. The predicted molar refractivity (Wildman–Crippen MR) is 130 cm³/mol. The van der Waals surface area contributed by atoms with Crippen LogP contribution >= 0.6 is 23.2 Å². The van der Waals surface area contributed by atoms with Crippen LogP contribution < -0.4 is 9.64 Å². The van der Waals surface area contributed by atoms with Crippen LogP contribution in [0.25, 0.3) is 22.2 Å². The van der Waals surface area contributed by atoms with Crippen molar-refractivity contribution in [3.8, 4) is 23.1 Å². The number of aromatic nitrogens is 4. The van der Waals surface area contributed by atoms with E-state index >= 15 is 0 Å². The summed E-state index contributed by atoms with van der Waals surface area (Å²) in [4.78, 5) is 10.4. The Morgan fingerprint density at radius 3 is 2.74 bits per heavy atom. The van der Waals surface area contributed by atoms with Gasteiger partial charge in [-0.25, -0.2) is 4.98 Å². The fraction of sp³-hybridized carbons (Fsp3) is 0.250. The minimum absolute atomic E-state index is 0.402. The number of nitriles is 1. The van der Waals surface area contributed by atoms with E-state index in [0.717, 1.165) is 10.9 Å². The number of fused-ring (bicyclic) bond motifs is 1. The lowest BCUT2D eigenvalue weighted by molar-refractivity contribution is 0.198. The van der Waals surface area contributed by atoms with Crippen LogP contribution in [0.2, 0.25) is 10.0 Å². The maximum atomic E-state index is 9.84. The lowest BCUT2D eigenvalue weighted by Crippen LogP contribution is -2.23. The third-order valence-corrected chi connectivity index (χ3v) is 6.47. The summed E-state index contributed by atoms with van der Waals surface area (Å²) < 4.78 is 6.14. The number of ether oxygens (including phenoxy) is 1. The summed E-state index contributed by atoms with van der Waals surface area (Å²) in [6.45, 7) is 3.00. The Morgan fingerprint density at radius 2 is 2.03 bits per heavy atom. The molecule has 0 aliphatic carbocycles. The van der Waals surface area contributed by atoms with Crippen molar-refractivity contribution in [3.05, 3.63) is 64.0 Å². The number of pyridine rings is 2. The minimum Gasteiger partial charge on any atom is -0.486 e. The summed E-state index contributed by atoms with van der Waals surface area (Å²) in [5.41, 5.74) is 3.28. The topological polar surface area (TPSA) is 111 Å². The minimum atomic E-state index is -0.405. The van der Waals surface area contributed by atoms with Gasteiger partial charge in [-0.3, -0.25) is 10.1 Å². The van der Waals surface area contributed by atoms with Crippen molar-refractivity contribution in [2.45, 2.75) is 25.6 Å². The highest BCUT2D eigenvalue weighted by atomic mass is 35.5. The molecule has 1 aromatic carbocycles. The lowest BCUT2D eigenvalue weighted by Gasteiger charge is -2.18. The van der Waals surface area contributed by atoms with Gasteiger partial charge in [-0.05, 0) is 37.6 Å². The molecule has 1 saturated heterocycles. The molecular weight excluding hydrogens is 475 g/mol. The number of β-amino-alcohol motifs (C(OH)–C–C–N with tert-alkyl or cyclic N) is 1. The van der Waals surface area contributed by atoms with E-state index in [1.165, 1.54) is 12.4 Å². The molecule has 0 unspecified atom stereocenters. The van der Waals surface area contributed by atoms with Gasteiger partial charge >= 0.3 is 0 Å². The molecule has 4 heterocycles. The van der Waals surface area contributed by atoms with Gasteiger partial charge in [0.25, 0.3) is 0 Å². The van der Waals surface area contributed by atoms with E-state index < -0.39 is 12.2 Å². The van der Waals surface area contributed by atoms with Crippen LogP contribution in [0.1, 0.15) is 30.6 Å². The number of aliphatic hydroxyl groups excluding tert-OH is 1. The third kappa shape index (κ3) is 4.14. The van der Waals surface area contributed by atoms with Crippen molar-refractivity contribution in [1.29, 1.82) is 5.26 Å². The van der Waals surface area contributed by atoms with Crippen molar-refractivity contribution in [2.75, 3.05) is 18.0 Å². The van der Waals surface area contributed by atoms with E-state index in [2.05, 4.69) is 26.2 Å². The molecule has 1 aliphatic heterocycles. The molecule has 0 saturated carbocycles. The predicted octanol–water partition coefficient (Wildman–Crippen LogP) is 4.91. The van der Waals surface area contributed by atoms with E-state index in [9.17, 15) is 10.4 Å². The van der Waals surface area contributed by atoms with E-state index in [4.69, 9.17) is 27.9 Å². The van der Waals surface area contributed by atoms with Gasteiger partial charge in [0.15, 0.2) is 0 Å².